The lowest BCUT2D eigenvalue weighted by atomic mass is 10.00. The third-order valence-corrected chi connectivity index (χ3v) is 5.68. The van der Waals surface area contributed by atoms with Crippen LogP contribution in [-0.4, -0.2) is 45.4 Å². The molecular weight excluding hydrogens is 406 g/mol. The van der Waals surface area contributed by atoms with E-state index in [9.17, 15) is 18.4 Å². The Hall–Kier alpha value is -3.23. The van der Waals surface area contributed by atoms with Gasteiger partial charge in [-0.25, -0.2) is 13.8 Å². The summed E-state index contributed by atoms with van der Waals surface area (Å²) in [6, 6.07) is 4.69. The fraction of sp³-hybridized carbons (Fsp3) is 0.409. The van der Waals surface area contributed by atoms with E-state index >= 15 is 0 Å². The highest BCUT2D eigenvalue weighted by molar-refractivity contribution is 5.91. The van der Waals surface area contributed by atoms with E-state index in [0.717, 1.165) is 12.1 Å². The SMILES string of the molecule is CC(C)C(C(=O)NC1CCN(C(=O)c2ccco2)CC1)n1cnc2cc(F)c(F)cc21. The smallest absolute Gasteiger partial charge is 0.289 e. The van der Waals surface area contributed by atoms with Gasteiger partial charge in [0.05, 0.1) is 23.6 Å². The van der Waals surface area contributed by atoms with E-state index in [0.29, 0.717) is 42.7 Å². The van der Waals surface area contributed by atoms with E-state index in [4.69, 9.17) is 4.42 Å². The number of carbonyl (C=O) groups excluding carboxylic acids is 2. The highest BCUT2D eigenvalue weighted by Gasteiger charge is 2.30. The van der Waals surface area contributed by atoms with E-state index in [1.54, 1.807) is 21.6 Å². The van der Waals surface area contributed by atoms with Gasteiger partial charge in [-0.1, -0.05) is 13.8 Å². The number of amides is 2. The Balaban J connectivity index is 1.45. The summed E-state index contributed by atoms with van der Waals surface area (Å²) in [7, 11) is 0. The molecule has 9 heteroatoms. The number of imidazole rings is 1. The molecule has 1 N–H and O–H groups in total. The van der Waals surface area contributed by atoms with Crippen LogP contribution in [0.15, 0.2) is 41.3 Å². The van der Waals surface area contributed by atoms with Crippen molar-refractivity contribution in [1.29, 1.82) is 0 Å². The second kappa shape index (κ2) is 8.49. The summed E-state index contributed by atoms with van der Waals surface area (Å²) in [5.41, 5.74) is 0.661. The monoisotopic (exact) mass is 430 g/mol. The molecule has 31 heavy (non-hydrogen) atoms. The lowest BCUT2D eigenvalue weighted by Gasteiger charge is -2.33. The topological polar surface area (TPSA) is 80.4 Å². The van der Waals surface area contributed by atoms with Gasteiger partial charge in [0.15, 0.2) is 17.4 Å². The number of benzene rings is 1. The molecule has 0 radical (unpaired) electrons. The zero-order valence-electron chi connectivity index (χ0n) is 17.3. The Morgan fingerprint density at radius 3 is 2.55 bits per heavy atom. The van der Waals surface area contributed by atoms with Gasteiger partial charge in [-0.2, -0.15) is 0 Å². The van der Waals surface area contributed by atoms with Gasteiger partial charge < -0.3 is 19.2 Å². The molecule has 1 aromatic carbocycles. The van der Waals surface area contributed by atoms with Crippen molar-refractivity contribution in [3.8, 4) is 0 Å². The highest BCUT2D eigenvalue weighted by Crippen LogP contribution is 2.26. The maximum atomic E-state index is 13.8. The third-order valence-electron chi connectivity index (χ3n) is 5.68. The number of piperidine rings is 1. The highest BCUT2D eigenvalue weighted by atomic mass is 19.2. The van der Waals surface area contributed by atoms with Crippen LogP contribution in [0, 0.1) is 17.6 Å². The van der Waals surface area contributed by atoms with Crippen molar-refractivity contribution in [2.24, 2.45) is 5.92 Å². The predicted octanol–water partition coefficient (Wildman–Crippen LogP) is 3.53. The summed E-state index contributed by atoms with van der Waals surface area (Å²) in [5, 5.41) is 3.06. The number of hydrogen-bond acceptors (Lipinski definition) is 4. The summed E-state index contributed by atoms with van der Waals surface area (Å²) in [6.07, 6.45) is 4.14. The lowest BCUT2D eigenvalue weighted by Crippen LogP contribution is -2.48. The van der Waals surface area contributed by atoms with Crippen molar-refractivity contribution in [1.82, 2.24) is 19.8 Å². The zero-order chi connectivity index (χ0) is 22.1. The number of aromatic nitrogens is 2. The first-order valence-electron chi connectivity index (χ1n) is 10.3. The molecule has 2 amide bonds. The standard InChI is InChI=1S/C22H24F2N4O3/c1-13(2)20(28-12-25-17-10-15(23)16(24)11-18(17)28)21(29)26-14-5-7-27(8-6-14)22(30)19-4-3-9-31-19/h3-4,9-14,20H,5-8H2,1-2H3,(H,26,29). The molecule has 1 unspecified atom stereocenters. The molecule has 1 fully saturated rings. The van der Waals surface area contributed by atoms with Crippen LogP contribution in [0.4, 0.5) is 8.78 Å². The molecule has 1 aliphatic heterocycles. The van der Waals surface area contributed by atoms with Gasteiger partial charge >= 0.3 is 0 Å². The predicted molar refractivity (Wildman–Crippen MR) is 109 cm³/mol. The normalized spacial score (nSPS) is 16.1. The molecule has 4 rings (SSSR count). The number of furan rings is 1. The quantitative estimate of drug-likeness (QED) is 0.672. The van der Waals surface area contributed by atoms with Crippen molar-refractivity contribution < 1.29 is 22.8 Å². The fourth-order valence-electron chi connectivity index (χ4n) is 4.06. The minimum atomic E-state index is -0.981. The first-order chi connectivity index (χ1) is 14.8. The molecule has 3 aromatic rings. The van der Waals surface area contributed by atoms with E-state index in [1.807, 2.05) is 13.8 Å². The van der Waals surface area contributed by atoms with Crippen LogP contribution < -0.4 is 5.32 Å². The number of fused-ring (bicyclic) bond motifs is 1. The number of halogens is 2. The van der Waals surface area contributed by atoms with Gasteiger partial charge in [-0.05, 0) is 30.9 Å². The van der Waals surface area contributed by atoms with Crippen molar-refractivity contribution in [2.75, 3.05) is 13.1 Å². The fourth-order valence-corrected chi connectivity index (χ4v) is 4.06. The minimum Gasteiger partial charge on any atom is -0.459 e. The van der Waals surface area contributed by atoms with Crippen LogP contribution in [0.25, 0.3) is 11.0 Å². The Morgan fingerprint density at radius 1 is 1.19 bits per heavy atom. The first-order valence-corrected chi connectivity index (χ1v) is 10.3. The Bertz CT molecular complexity index is 1090. The number of rotatable bonds is 5. The van der Waals surface area contributed by atoms with Crippen LogP contribution in [0.5, 0.6) is 0 Å². The van der Waals surface area contributed by atoms with Crippen LogP contribution in [0.1, 0.15) is 43.3 Å². The van der Waals surface area contributed by atoms with Crippen molar-refractivity contribution in [2.45, 2.75) is 38.8 Å². The van der Waals surface area contributed by atoms with E-state index in [1.165, 1.54) is 12.6 Å². The lowest BCUT2D eigenvalue weighted by molar-refractivity contribution is -0.126. The molecule has 1 atom stereocenters. The molecule has 0 saturated carbocycles. The Kier molecular flexibility index (Phi) is 5.75. The van der Waals surface area contributed by atoms with Gasteiger partial charge in [-0.15, -0.1) is 0 Å². The van der Waals surface area contributed by atoms with Crippen molar-refractivity contribution in [3.63, 3.8) is 0 Å². The summed E-state index contributed by atoms with van der Waals surface area (Å²) < 4.78 is 34.1. The molecule has 3 heterocycles. The summed E-state index contributed by atoms with van der Waals surface area (Å²) in [5.74, 6) is -2.13. The second-order valence-electron chi connectivity index (χ2n) is 8.15. The molecule has 0 bridgehead atoms. The van der Waals surface area contributed by atoms with Gasteiger partial charge in [-0.3, -0.25) is 9.59 Å². The molecule has 164 valence electrons. The van der Waals surface area contributed by atoms with Gasteiger partial charge in [0, 0.05) is 31.3 Å². The van der Waals surface area contributed by atoms with Crippen LogP contribution >= 0.6 is 0 Å². The second-order valence-corrected chi connectivity index (χ2v) is 8.15. The average molecular weight is 430 g/mol. The number of hydrogen-bond donors (Lipinski definition) is 1. The maximum Gasteiger partial charge on any atom is 0.289 e. The Morgan fingerprint density at radius 2 is 1.90 bits per heavy atom. The largest absolute Gasteiger partial charge is 0.459 e. The Labute approximate surface area is 178 Å². The van der Waals surface area contributed by atoms with Crippen molar-refractivity contribution >= 4 is 22.8 Å². The van der Waals surface area contributed by atoms with Crippen LogP contribution in [0.2, 0.25) is 0 Å². The van der Waals surface area contributed by atoms with Crippen LogP contribution in [-0.2, 0) is 4.79 Å². The van der Waals surface area contributed by atoms with Gasteiger partial charge in [0.1, 0.15) is 6.04 Å². The minimum absolute atomic E-state index is 0.0848. The number of nitrogens with zero attached hydrogens (tertiary/aromatic N) is 3. The molecule has 0 aliphatic carbocycles. The van der Waals surface area contributed by atoms with E-state index in [2.05, 4.69) is 10.3 Å². The van der Waals surface area contributed by atoms with E-state index < -0.39 is 17.7 Å². The maximum absolute atomic E-state index is 13.8. The summed E-state index contributed by atoms with van der Waals surface area (Å²) >= 11 is 0. The van der Waals surface area contributed by atoms with Gasteiger partial charge in [0.25, 0.3) is 5.91 Å². The molecule has 1 aliphatic rings. The molecule has 2 aromatic heterocycles. The molecular formula is C22H24F2N4O3. The van der Waals surface area contributed by atoms with E-state index in [-0.39, 0.29) is 23.8 Å². The molecule has 7 nitrogen and oxygen atoms in total. The number of carbonyl (C=O) groups is 2. The summed E-state index contributed by atoms with van der Waals surface area (Å²) in [4.78, 5) is 31.4. The molecule has 0 spiro atoms. The number of nitrogens with one attached hydrogen (secondary N) is 1. The average Bonchev–Trinajstić information content (AvgIpc) is 3.40. The zero-order valence-corrected chi connectivity index (χ0v) is 17.3. The van der Waals surface area contributed by atoms with Crippen LogP contribution in [0.3, 0.4) is 0 Å². The van der Waals surface area contributed by atoms with Gasteiger partial charge in [0.2, 0.25) is 5.91 Å². The number of likely N-dealkylation sites (tertiary alicyclic amines) is 1. The molecule has 1 saturated heterocycles. The summed E-state index contributed by atoms with van der Waals surface area (Å²) in [6.45, 7) is 4.80. The first kappa shape index (κ1) is 21.0. The third kappa shape index (κ3) is 4.17. The van der Waals surface area contributed by atoms with Crippen molar-refractivity contribution in [3.05, 3.63) is 54.3 Å².